The Labute approximate surface area is 161 Å². The van der Waals surface area contributed by atoms with Gasteiger partial charge < -0.3 is 21.1 Å². The zero-order valence-electron chi connectivity index (χ0n) is 15.6. The fourth-order valence-corrected chi connectivity index (χ4v) is 3.13. The van der Waals surface area contributed by atoms with Crippen molar-refractivity contribution in [1.29, 1.82) is 0 Å². The van der Waals surface area contributed by atoms with Gasteiger partial charge in [-0.25, -0.2) is 18.6 Å². The molecule has 2 rings (SSSR count). The number of nitrogen functional groups attached to an aromatic ring is 1. The number of hydrogen-bond acceptors (Lipinski definition) is 6. The molecule has 0 aliphatic carbocycles. The first kappa shape index (κ1) is 20.9. The number of alkyl carbamates (subject to hydrolysis) is 1. The largest absolute Gasteiger partial charge is 0.444 e. The standard InChI is InChI=1S/C18H24F2N4O2S/c1-18(2,3)26-17(25)23-8-4-7-22-16-24-15(21)14(27-16)10-11-5-6-12(19)13(20)9-11/h5-6,9H,4,7-8,10,21H2,1-3H3,(H,22,24)(H,23,25). The van der Waals surface area contributed by atoms with Gasteiger partial charge in [-0.05, 0) is 44.9 Å². The van der Waals surface area contributed by atoms with E-state index in [0.29, 0.717) is 42.4 Å². The van der Waals surface area contributed by atoms with Gasteiger partial charge in [0, 0.05) is 19.5 Å². The number of nitrogens with two attached hydrogens (primary N) is 1. The molecule has 2 aromatic rings. The number of aromatic nitrogens is 1. The topological polar surface area (TPSA) is 89.3 Å². The minimum absolute atomic E-state index is 0.360. The maximum absolute atomic E-state index is 13.3. The molecule has 0 fully saturated rings. The van der Waals surface area contributed by atoms with Crippen LogP contribution in [0.1, 0.15) is 37.6 Å². The minimum atomic E-state index is -0.883. The molecule has 1 aromatic heterocycles. The number of benzene rings is 1. The fourth-order valence-electron chi connectivity index (χ4n) is 2.19. The minimum Gasteiger partial charge on any atom is -0.444 e. The molecule has 0 radical (unpaired) electrons. The molecule has 1 heterocycles. The van der Waals surface area contributed by atoms with E-state index in [4.69, 9.17) is 10.5 Å². The van der Waals surface area contributed by atoms with Crippen molar-refractivity contribution in [3.05, 3.63) is 40.3 Å². The average Bonchev–Trinajstić information content (AvgIpc) is 2.89. The summed E-state index contributed by atoms with van der Waals surface area (Å²) >= 11 is 1.36. The first-order chi connectivity index (χ1) is 12.6. The third kappa shape index (κ3) is 7.01. The third-order valence-electron chi connectivity index (χ3n) is 3.37. The summed E-state index contributed by atoms with van der Waals surface area (Å²) < 4.78 is 31.5. The van der Waals surface area contributed by atoms with Gasteiger partial charge in [0.05, 0.1) is 4.88 Å². The molecule has 0 spiro atoms. The van der Waals surface area contributed by atoms with Crippen LogP contribution in [0.15, 0.2) is 18.2 Å². The second kappa shape index (κ2) is 8.98. The van der Waals surface area contributed by atoms with E-state index < -0.39 is 23.3 Å². The van der Waals surface area contributed by atoms with Gasteiger partial charge in [-0.15, -0.1) is 0 Å². The van der Waals surface area contributed by atoms with Crippen LogP contribution in [0.3, 0.4) is 0 Å². The summed E-state index contributed by atoms with van der Waals surface area (Å²) in [5.41, 5.74) is 6.00. The summed E-state index contributed by atoms with van der Waals surface area (Å²) in [6, 6.07) is 3.77. The fraction of sp³-hybridized carbons (Fsp3) is 0.444. The maximum atomic E-state index is 13.3. The van der Waals surface area contributed by atoms with Gasteiger partial charge in [0.1, 0.15) is 11.4 Å². The van der Waals surface area contributed by atoms with E-state index in [1.165, 1.54) is 17.4 Å². The normalized spacial score (nSPS) is 11.3. The van der Waals surface area contributed by atoms with Crippen LogP contribution in [0.5, 0.6) is 0 Å². The van der Waals surface area contributed by atoms with Crippen molar-refractivity contribution in [3.63, 3.8) is 0 Å². The van der Waals surface area contributed by atoms with E-state index in [2.05, 4.69) is 15.6 Å². The summed E-state index contributed by atoms with van der Waals surface area (Å²) in [5.74, 6) is -1.40. The molecule has 0 unspecified atom stereocenters. The second-order valence-corrected chi connectivity index (χ2v) is 8.05. The van der Waals surface area contributed by atoms with E-state index in [1.54, 1.807) is 20.8 Å². The number of carbonyl (C=O) groups is 1. The number of rotatable bonds is 7. The molecule has 0 atom stereocenters. The summed E-state index contributed by atoms with van der Waals surface area (Å²) in [7, 11) is 0. The first-order valence-corrected chi connectivity index (χ1v) is 9.35. The number of anilines is 2. The molecule has 6 nitrogen and oxygen atoms in total. The van der Waals surface area contributed by atoms with Crippen LogP contribution in [0.2, 0.25) is 0 Å². The lowest BCUT2D eigenvalue weighted by molar-refractivity contribution is 0.0528. The van der Waals surface area contributed by atoms with E-state index in [1.807, 2.05) is 0 Å². The molecule has 1 aromatic carbocycles. The number of halogens is 2. The van der Waals surface area contributed by atoms with Gasteiger partial charge in [-0.3, -0.25) is 0 Å². The number of hydrogen-bond donors (Lipinski definition) is 3. The van der Waals surface area contributed by atoms with Crippen molar-refractivity contribution in [2.24, 2.45) is 0 Å². The smallest absolute Gasteiger partial charge is 0.407 e. The number of ether oxygens (including phenoxy) is 1. The molecule has 27 heavy (non-hydrogen) atoms. The van der Waals surface area contributed by atoms with Gasteiger partial charge in [0.25, 0.3) is 0 Å². The van der Waals surface area contributed by atoms with Crippen LogP contribution in [-0.4, -0.2) is 29.8 Å². The Hall–Kier alpha value is -2.42. The van der Waals surface area contributed by atoms with E-state index >= 15 is 0 Å². The van der Waals surface area contributed by atoms with Gasteiger partial charge in [-0.2, -0.15) is 0 Å². The van der Waals surface area contributed by atoms with Gasteiger partial charge in [-0.1, -0.05) is 17.4 Å². The van der Waals surface area contributed by atoms with Crippen molar-refractivity contribution < 1.29 is 18.3 Å². The Balaban J connectivity index is 1.77. The van der Waals surface area contributed by atoms with E-state index in [0.717, 1.165) is 17.0 Å². The quantitative estimate of drug-likeness (QED) is 0.615. The summed E-state index contributed by atoms with van der Waals surface area (Å²) in [4.78, 5) is 16.5. The molecular formula is C18H24F2N4O2S. The summed E-state index contributed by atoms with van der Waals surface area (Å²) in [5, 5.41) is 6.45. The summed E-state index contributed by atoms with van der Waals surface area (Å²) in [6.45, 7) is 6.47. The zero-order valence-corrected chi connectivity index (χ0v) is 16.4. The van der Waals surface area contributed by atoms with Crippen LogP contribution < -0.4 is 16.4 Å². The highest BCUT2D eigenvalue weighted by molar-refractivity contribution is 7.16. The SMILES string of the molecule is CC(C)(C)OC(=O)NCCCNc1nc(N)c(Cc2ccc(F)c(F)c2)s1. The van der Waals surface area contributed by atoms with Crippen molar-refractivity contribution in [1.82, 2.24) is 10.3 Å². The Morgan fingerprint density at radius 1 is 1.26 bits per heavy atom. The molecule has 4 N–H and O–H groups in total. The molecular weight excluding hydrogens is 374 g/mol. The van der Waals surface area contributed by atoms with Crippen LogP contribution in [0.4, 0.5) is 24.5 Å². The predicted molar refractivity (Wildman–Crippen MR) is 103 cm³/mol. The van der Waals surface area contributed by atoms with Gasteiger partial charge >= 0.3 is 6.09 Å². The molecule has 148 valence electrons. The highest BCUT2D eigenvalue weighted by Gasteiger charge is 2.15. The molecule has 0 aliphatic heterocycles. The Kier molecular flexibility index (Phi) is 6.95. The third-order valence-corrected chi connectivity index (χ3v) is 4.40. The monoisotopic (exact) mass is 398 g/mol. The lowest BCUT2D eigenvalue weighted by Crippen LogP contribution is -2.33. The van der Waals surface area contributed by atoms with Crippen molar-refractivity contribution in [2.45, 2.75) is 39.2 Å². The summed E-state index contributed by atoms with van der Waals surface area (Å²) in [6.07, 6.45) is 0.606. The lowest BCUT2D eigenvalue weighted by Gasteiger charge is -2.19. The Morgan fingerprint density at radius 2 is 2.00 bits per heavy atom. The predicted octanol–water partition coefficient (Wildman–Crippen LogP) is 3.92. The van der Waals surface area contributed by atoms with Gasteiger partial charge in [0.15, 0.2) is 16.8 Å². The van der Waals surface area contributed by atoms with Crippen LogP contribution in [0, 0.1) is 11.6 Å². The van der Waals surface area contributed by atoms with Crippen molar-refractivity contribution in [2.75, 3.05) is 24.1 Å². The molecule has 0 saturated carbocycles. The first-order valence-electron chi connectivity index (χ1n) is 8.54. The molecule has 0 bridgehead atoms. The maximum Gasteiger partial charge on any atom is 0.407 e. The Morgan fingerprint density at radius 3 is 2.67 bits per heavy atom. The zero-order chi connectivity index (χ0) is 20.0. The molecule has 0 aliphatic rings. The number of carbonyl (C=O) groups excluding carboxylic acids is 1. The van der Waals surface area contributed by atoms with Crippen molar-refractivity contribution >= 4 is 28.4 Å². The second-order valence-electron chi connectivity index (χ2n) is 6.96. The molecule has 9 heteroatoms. The van der Waals surface area contributed by atoms with Gasteiger partial charge in [0.2, 0.25) is 0 Å². The average molecular weight is 398 g/mol. The molecule has 1 amide bonds. The number of amides is 1. The lowest BCUT2D eigenvalue weighted by atomic mass is 10.1. The Bertz CT molecular complexity index is 790. The number of thiazole rings is 1. The van der Waals surface area contributed by atoms with E-state index in [-0.39, 0.29) is 0 Å². The highest BCUT2D eigenvalue weighted by atomic mass is 32.1. The molecule has 0 saturated heterocycles. The van der Waals surface area contributed by atoms with Crippen LogP contribution in [0.25, 0.3) is 0 Å². The number of nitrogens with zero attached hydrogens (tertiary/aromatic N) is 1. The van der Waals surface area contributed by atoms with Crippen LogP contribution >= 0.6 is 11.3 Å². The van der Waals surface area contributed by atoms with E-state index in [9.17, 15) is 13.6 Å². The highest BCUT2D eigenvalue weighted by Crippen LogP contribution is 2.27. The van der Waals surface area contributed by atoms with Crippen molar-refractivity contribution in [3.8, 4) is 0 Å². The van der Waals surface area contributed by atoms with Crippen LogP contribution in [-0.2, 0) is 11.2 Å². The number of nitrogens with one attached hydrogen (secondary N) is 2.